The first kappa shape index (κ1) is 17.5. The van der Waals surface area contributed by atoms with Gasteiger partial charge in [-0.05, 0) is 42.9 Å². The van der Waals surface area contributed by atoms with Crippen molar-refractivity contribution in [3.05, 3.63) is 72.3 Å². The largest absolute Gasteiger partial charge is 0.323 e. The highest BCUT2D eigenvalue weighted by Crippen LogP contribution is 2.23. The maximum Gasteiger partial charge on any atom is 0.267 e. The normalized spacial score (nSPS) is 11.3. The van der Waals surface area contributed by atoms with Crippen LogP contribution in [0.3, 0.4) is 0 Å². The Hall–Kier alpha value is -1.93. The Morgan fingerprint density at radius 2 is 2.12 bits per heavy atom. The van der Waals surface area contributed by atoms with Crippen molar-refractivity contribution in [1.29, 1.82) is 0 Å². The summed E-state index contributed by atoms with van der Waals surface area (Å²) < 4.78 is 3.50. The Balaban J connectivity index is 1.75. The maximum atomic E-state index is 12.8. The lowest BCUT2D eigenvalue weighted by molar-refractivity contribution is 0.686. The molecule has 0 spiro atoms. The fourth-order valence-electron chi connectivity index (χ4n) is 2.75. The van der Waals surface area contributed by atoms with Gasteiger partial charge in [-0.3, -0.25) is 9.48 Å². The monoisotopic (exact) mass is 422 g/mol. The number of hydrogen-bond donors (Lipinski definition) is 1. The molecule has 3 aromatic heterocycles. The summed E-state index contributed by atoms with van der Waals surface area (Å²) in [7, 11) is 0. The minimum atomic E-state index is -0.155. The van der Waals surface area contributed by atoms with E-state index in [1.54, 1.807) is 29.2 Å². The summed E-state index contributed by atoms with van der Waals surface area (Å²) in [5.74, 6) is 0. The standard InChI is InChI=1S/C17H12Cl2N4OS2/c1-9-4-13-15(26-9)21-17(25)23(16(13)24)12-6-20-22(8-12)7-10-2-3-11(18)5-14(10)19/h2-6,8H,7H2,1H3,(H,21,25). The predicted molar refractivity (Wildman–Crippen MR) is 109 cm³/mol. The third-order valence-electron chi connectivity index (χ3n) is 3.94. The van der Waals surface area contributed by atoms with Crippen LogP contribution in [0.25, 0.3) is 15.9 Å². The molecule has 0 saturated carbocycles. The van der Waals surface area contributed by atoms with Crippen molar-refractivity contribution >= 4 is 57.0 Å². The number of fused-ring (bicyclic) bond motifs is 1. The minimum absolute atomic E-state index is 0.155. The summed E-state index contributed by atoms with van der Waals surface area (Å²) in [4.78, 5) is 17.8. The summed E-state index contributed by atoms with van der Waals surface area (Å²) in [6.07, 6.45) is 3.38. The average molecular weight is 423 g/mol. The van der Waals surface area contributed by atoms with Gasteiger partial charge < -0.3 is 4.98 Å². The van der Waals surface area contributed by atoms with Crippen LogP contribution in [-0.2, 0) is 6.54 Å². The van der Waals surface area contributed by atoms with Gasteiger partial charge in [-0.15, -0.1) is 11.3 Å². The number of thiophene rings is 1. The zero-order valence-corrected chi connectivity index (χ0v) is 16.6. The van der Waals surface area contributed by atoms with E-state index in [4.69, 9.17) is 35.4 Å². The number of rotatable bonds is 3. The number of nitrogens with zero attached hydrogens (tertiary/aromatic N) is 3. The highest BCUT2D eigenvalue weighted by atomic mass is 35.5. The van der Waals surface area contributed by atoms with E-state index >= 15 is 0 Å². The van der Waals surface area contributed by atoms with Crippen molar-refractivity contribution in [3.8, 4) is 5.69 Å². The predicted octanol–water partition coefficient (Wildman–Crippen LogP) is 4.97. The Kier molecular flexibility index (Phi) is 4.48. The maximum absolute atomic E-state index is 12.8. The SMILES string of the molecule is Cc1cc2c(=O)n(-c3cnn(Cc4ccc(Cl)cc4Cl)c3)c(=S)[nH]c2s1. The number of benzene rings is 1. The molecule has 4 aromatic rings. The van der Waals surface area contributed by atoms with Gasteiger partial charge >= 0.3 is 0 Å². The molecule has 1 aromatic carbocycles. The molecule has 132 valence electrons. The van der Waals surface area contributed by atoms with Crippen LogP contribution in [0, 0.1) is 11.7 Å². The zero-order chi connectivity index (χ0) is 18.4. The van der Waals surface area contributed by atoms with Crippen LogP contribution < -0.4 is 5.56 Å². The quantitative estimate of drug-likeness (QED) is 0.474. The highest BCUT2D eigenvalue weighted by molar-refractivity contribution is 7.71. The van der Waals surface area contributed by atoms with Crippen molar-refractivity contribution in [2.24, 2.45) is 0 Å². The van der Waals surface area contributed by atoms with Crippen LogP contribution >= 0.6 is 46.8 Å². The third kappa shape index (κ3) is 3.12. The zero-order valence-electron chi connectivity index (χ0n) is 13.5. The van der Waals surface area contributed by atoms with Crippen LogP contribution in [-0.4, -0.2) is 19.3 Å². The van der Waals surface area contributed by atoms with E-state index in [-0.39, 0.29) is 5.56 Å². The van der Waals surface area contributed by atoms with E-state index < -0.39 is 0 Å². The highest BCUT2D eigenvalue weighted by Gasteiger charge is 2.12. The van der Waals surface area contributed by atoms with Gasteiger partial charge in [0, 0.05) is 21.1 Å². The molecular weight excluding hydrogens is 411 g/mol. The van der Waals surface area contributed by atoms with Crippen molar-refractivity contribution < 1.29 is 0 Å². The van der Waals surface area contributed by atoms with Crippen LogP contribution in [0.1, 0.15) is 10.4 Å². The smallest absolute Gasteiger partial charge is 0.267 e. The Morgan fingerprint density at radius 1 is 1.31 bits per heavy atom. The van der Waals surface area contributed by atoms with E-state index in [0.717, 1.165) is 15.3 Å². The third-order valence-corrected chi connectivity index (χ3v) is 5.78. The summed E-state index contributed by atoms with van der Waals surface area (Å²) in [5, 5.41) is 6.10. The van der Waals surface area contributed by atoms with Gasteiger partial charge in [-0.1, -0.05) is 29.3 Å². The van der Waals surface area contributed by atoms with Gasteiger partial charge in [0.05, 0.1) is 23.8 Å². The molecule has 5 nitrogen and oxygen atoms in total. The molecule has 0 amide bonds. The Labute approximate surface area is 167 Å². The lowest BCUT2D eigenvalue weighted by Crippen LogP contribution is -2.19. The number of nitrogens with one attached hydrogen (secondary N) is 1. The first-order valence-corrected chi connectivity index (χ1v) is 9.62. The van der Waals surface area contributed by atoms with Crippen molar-refractivity contribution in [2.75, 3.05) is 0 Å². The number of aryl methyl sites for hydroxylation is 1. The second-order valence-corrected chi connectivity index (χ2v) is 8.29. The molecule has 4 rings (SSSR count). The van der Waals surface area contributed by atoms with E-state index in [9.17, 15) is 4.79 Å². The second-order valence-electron chi connectivity index (χ2n) is 5.80. The van der Waals surface area contributed by atoms with Crippen LogP contribution in [0.4, 0.5) is 0 Å². The minimum Gasteiger partial charge on any atom is -0.323 e. The molecule has 0 aliphatic heterocycles. The van der Waals surface area contributed by atoms with E-state index in [2.05, 4.69) is 10.1 Å². The summed E-state index contributed by atoms with van der Waals surface area (Å²) in [5.41, 5.74) is 1.33. The molecule has 3 heterocycles. The van der Waals surface area contributed by atoms with Gasteiger partial charge in [0.2, 0.25) is 0 Å². The molecule has 0 atom stereocenters. The van der Waals surface area contributed by atoms with Crippen LogP contribution in [0.2, 0.25) is 10.0 Å². The molecule has 0 aliphatic carbocycles. The number of aromatic amines is 1. The number of hydrogen-bond acceptors (Lipinski definition) is 4. The molecule has 0 saturated heterocycles. The fourth-order valence-corrected chi connectivity index (χ4v) is 4.47. The molecule has 1 N–H and O–H groups in total. The first-order chi connectivity index (χ1) is 12.4. The molecule has 9 heteroatoms. The second kappa shape index (κ2) is 6.66. The molecule has 0 aliphatic rings. The van der Waals surface area contributed by atoms with E-state index in [1.807, 2.05) is 19.1 Å². The molecule has 0 fully saturated rings. The number of H-pyrrole nitrogens is 1. The Morgan fingerprint density at radius 3 is 2.88 bits per heavy atom. The van der Waals surface area contributed by atoms with Gasteiger partial charge in [-0.25, -0.2) is 4.57 Å². The Bertz CT molecular complexity index is 1250. The average Bonchev–Trinajstić information content (AvgIpc) is 3.16. The summed E-state index contributed by atoms with van der Waals surface area (Å²) in [6.45, 7) is 2.42. The fraction of sp³-hybridized carbons (Fsp3) is 0.118. The molecular formula is C17H12Cl2N4OS2. The lowest BCUT2D eigenvalue weighted by atomic mass is 10.2. The van der Waals surface area contributed by atoms with Crippen LogP contribution in [0.5, 0.6) is 0 Å². The van der Waals surface area contributed by atoms with E-state index in [1.165, 1.54) is 15.9 Å². The van der Waals surface area contributed by atoms with Crippen molar-refractivity contribution in [3.63, 3.8) is 0 Å². The summed E-state index contributed by atoms with van der Waals surface area (Å²) >= 11 is 19.0. The molecule has 26 heavy (non-hydrogen) atoms. The van der Waals surface area contributed by atoms with Gasteiger partial charge in [0.1, 0.15) is 4.83 Å². The summed E-state index contributed by atoms with van der Waals surface area (Å²) in [6, 6.07) is 7.18. The van der Waals surface area contributed by atoms with Gasteiger partial charge in [0.15, 0.2) is 4.77 Å². The van der Waals surface area contributed by atoms with Crippen molar-refractivity contribution in [2.45, 2.75) is 13.5 Å². The molecule has 0 unspecified atom stereocenters. The van der Waals surface area contributed by atoms with Gasteiger partial charge in [-0.2, -0.15) is 5.10 Å². The lowest BCUT2D eigenvalue weighted by Gasteiger charge is -2.05. The van der Waals surface area contributed by atoms with Gasteiger partial charge in [0.25, 0.3) is 5.56 Å². The number of aromatic nitrogens is 4. The number of halogens is 2. The topological polar surface area (TPSA) is 55.6 Å². The van der Waals surface area contributed by atoms with E-state index in [0.29, 0.717) is 32.4 Å². The van der Waals surface area contributed by atoms with Crippen molar-refractivity contribution in [1.82, 2.24) is 19.3 Å². The van der Waals surface area contributed by atoms with Crippen LogP contribution in [0.15, 0.2) is 41.5 Å². The molecule has 0 radical (unpaired) electrons. The molecule has 0 bridgehead atoms. The first-order valence-electron chi connectivity index (χ1n) is 7.64.